The Morgan fingerprint density at radius 2 is 2.10 bits per heavy atom. The molecule has 0 aromatic carbocycles. The van der Waals surface area contributed by atoms with Crippen LogP contribution >= 0.6 is 0 Å². The summed E-state index contributed by atoms with van der Waals surface area (Å²) in [5, 5.41) is 6.51. The van der Waals surface area contributed by atoms with Crippen LogP contribution < -0.4 is 16.4 Å². The lowest BCUT2D eigenvalue weighted by atomic mass is 10.1. The van der Waals surface area contributed by atoms with Gasteiger partial charge in [0.25, 0.3) is 0 Å². The van der Waals surface area contributed by atoms with E-state index in [1.165, 1.54) is 11.9 Å². The van der Waals surface area contributed by atoms with E-state index < -0.39 is 0 Å². The lowest BCUT2D eigenvalue weighted by Gasteiger charge is -2.28. The average molecular weight is 292 g/mol. The summed E-state index contributed by atoms with van der Waals surface area (Å²) in [5.41, 5.74) is 7.66. The van der Waals surface area contributed by atoms with E-state index >= 15 is 0 Å². The molecule has 0 spiro atoms. The number of aliphatic imine (C=N–C) groups is 2. The van der Waals surface area contributed by atoms with Crippen molar-refractivity contribution in [1.29, 1.82) is 0 Å². The average Bonchev–Trinajstić information content (AvgIpc) is 2.54. The van der Waals surface area contributed by atoms with Gasteiger partial charge in [0.1, 0.15) is 0 Å². The quantitative estimate of drug-likeness (QED) is 0.517. The Labute approximate surface area is 127 Å². The highest BCUT2D eigenvalue weighted by Gasteiger charge is 2.13. The van der Waals surface area contributed by atoms with Crippen molar-refractivity contribution in [2.24, 2.45) is 15.7 Å². The van der Waals surface area contributed by atoms with Crippen molar-refractivity contribution >= 4 is 12.3 Å². The fraction of sp³-hybridized carbons (Fsp3) is 0.600. The molecular weight excluding hydrogens is 264 g/mol. The first-order valence-corrected chi connectivity index (χ1v) is 7.66. The maximum absolute atomic E-state index is 5.41. The molecule has 0 amide bonds. The van der Waals surface area contributed by atoms with Crippen LogP contribution in [0.3, 0.4) is 0 Å². The van der Waals surface area contributed by atoms with Gasteiger partial charge in [-0.05, 0) is 18.1 Å². The van der Waals surface area contributed by atoms with Gasteiger partial charge in [-0.25, -0.2) is 9.98 Å². The second kappa shape index (κ2) is 9.99. The summed E-state index contributed by atoms with van der Waals surface area (Å²) >= 11 is 0. The minimum absolute atomic E-state index is 0.664. The molecule has 2 rings (SSSR count). The second-order valence-corrected chi connectivity index (χ2v) is 4.64. The van der Waals surface area contributed by atoms with Crippen molar-refractivity contribution in [2.75, 3.05) is 39.3 Å². The van der Waals surface area contributed by atoms with Crippen LogP contribution in [0.2, 0.25) is 0 Å². The van der Waals surface area contributed by atoms with Crippen LogP contribution in [-0.4, -0.2) is 56.5 Å². The Kier molecular flexibility index (Phi) is 8.19. The Balaban J connectivity index is 0.00000106. The molecule has 0 aliphatic carbocycles. The van der Waals surface area contributed by atoms with Crippen LogP contribution in [0.4, 0.5) is 0 Å². The van der Waals surface area contributed by atoms with Crippen LogP contribution in [0.1, 0.15) is 20.3 Å². The molecular formula is C15H28N6. The zero-order chi connectivity index (χ0) is 15.5. The van der Waals surface area contributed by atoms with Gasteiger partial charge in [-0.1, -0.05) is 20.4 Å². The fourth-order valence-electron chi connectivity index (χ4n) is 2.20. The standard InChI is InChI=1S/C13H22N6.C2H6/c1-11-8-12(2-3-16-11)9-17-13(18-10-14)19-6-4-15-5-7-19;1-2/h8,10,15-16H,1-7,9H2,(H2,14,17,18);1-2H3. The third kappa shape index (κ3) is 5.99. The summed E-state index contributed by atoms with van der Waals surface area (Å²) < 4.78 is 0. The van der Waals surface area contributed by atoms with Gasteiger partial charge in [-0.3, -0.25) is 0 Å². The molecule has 0 radical (unpaired) electrons. The van der Waals surface area contributed by atoms with Gasteiger partial charge in [0.15, 0.2) is 0 Å². The molecule has 6 heteroatoms. The van der Waals surface area contributed by atoms with E-state index in [1.807, 2.05) is 13.8 Å². The molecule has 4 N–H and O–H groups in total. The van der Waals surface area contributed by atoms with E-state index in [4.69, 9.17) is 5.73 Å². The molecule has 1 saturated heterocycles. The maximum atomic E-state index is 5.41. The number of nitrogens with two attached hydrogens (primary N) is 1. The minimum Gasteiger partial charge on any atom is -0.390 e. The minimum atomic E-state index is 0.664. The predicted octanol–water partition coefficient (Wildman–Crippen LogP) is 0.694. The molecule has 118 valence electrons. The van der Waals surface area contributed by atoms with Crippen molar-refractivity contribution < 1.29 is 0 Å². The van der Waals surface area contributed by atoms with Gasteiger partial charge in [0.2, 0.25) is 5.96 Å². The van der Waals surface area contributed by atoms with E-state index in [0.717, 1.165) is 50.8 Å². The molecule has 0 bridgehead atoms. The van der Waals surface area contributed by atoms with E-state index in [-0.39, 0.29) is 0 Å². The molecule has 0 aromatic heterocycles. The van der Waals surface area contributed by atoms with E-state index in [1.54, 1.807) is 0 Å². The van der Waals surface area contributed by atoms with Crippen molar-refractivity contribution in [1.82, 2.24) is 15.5 Å². The normalized spacial score (nSPS) is 19.7. The fourth-order valence-corrected chi connectivity index (χ4v) is 2.20. The summed E-state index contributed by atoms with van der Waals surface area (Å²) in [5.74, 6) is 0.731. The summed E-state index contributed by atoms with van der Waals surface area (Å²) in [6, 6.07) is 0. The van der Waals surface area contributed by atoms with Crippen LogP contribution in [0, 0.1) is 0 Å². The Morgan fingerprint density at radius 3 is 2.71 bits per heavy atom. The van der Waals surface area contributed by atoms with Crippen LogP contribution in [0.5, 0.6) is 0 Å². The third-order valence-corrected chi connectivity index (χ3v) is 3.19. The SMILES string of the molecule is C=C1C=C(CN=C(/N=C\N)N2CCNCC2)CCN1.CC. The van der Waals surface area contributed by atoms with Gasteiger partial charge in [-0.15, -0.1) is 0 Å². The highest BCUT2D eigenvalue weighted by atomic mass is 15.3. The lowest BCUT2D eigenvalue weighted by Crippen LogP contribution is -2.46. The number of nitrogens with one attached hydrogen (secondary N) is 2. The molecule has 0 aromatic rings. The van der Waals surface area contributed by atoms with Crippen molar-refractivity contribution in [3.8, 4) is 0 Å². The number of rotatable bonds is 2. The lowest BCUT2D eigenvalue weighted by molar-refractivity contribution is 0.353. The topological polar surface area (TPSA) is 78.0 Å². The molecule has 0 unspecified atom stereocenters. The Bertz CT molecular complexity index is 404. The largest absolute Gasteiger partial charge is 0.390 e. The van der Waals surface area contributed by atoms with E-state index in [9.17, 15) is 0 Å². The molecule has 0 saturated carbocycles. The zero-order valence-corrected chi connectivity index (χ0v) is 13.2. The first-order chi connectivity index (χ1) is 10.3. The van der Waals surface area contributed by atoms with Crippen molar-refractivity contribution in [3.05, 3.63) is 23.9 Å². The number of guanidine groups is 1. The summed E-state index contributed by atoms with van der Waals surface area (Å²) in [4.78, 5) is 10.9. The van der Waals surface area contributed by atoms with Gasteiger partial charge in [-0.2, -0.15) is 0 Å². The van der Waals surface area contributed by atoms with Crippen LogP contribution in [0.25, 0.3) is 0 Å². The molecule has 6 nitrogen and oxygen atoms in total. The third-order valence-electron chi connectivity index (χ3n) is 3.19. The predicted molar refractivity (Wildman–Crippen MR) is 90.6 cm³/mol. The van der Waals surface area contributed by atoms with Crippen molar-refractivity contribution in [3.63, 3.8) is 0 Å². The molecule has 21 heavy (non-hydrogen) atoms. The van der Waals surface area contributed by atoms with E-state index in [0.29, 0.717) is 6.54 Å². The molecule has 1 fully saturated rings. The van der Waals surface area contributed by atoms with Gasteiger partial charge < -0.3 is 21.3 Å². The number of hydrogen-bond acceptors (Lipinski definition) is 3. The first-order valence-electron chi connectivity index (χ1n) is 7.66. The maximum Gasteiger partial charge on any atom is 0.222 e. The summed E-state index contributed by atoms with van der Waals surface area (Å²) in [7, 11) is 0. The van der Waals surface area contributed by atoms with Crippen molar-refractivity contribution in [2.45, 2.75) is 20.3 Å². The molecule has 2 aliphatic heterocycles. The first kappa shape index (κ1) is 17.2. The van der Waals surface area contributed by atoms with E-state index in [2.05, 4.69) is 38.2 Å². The Hall–Kier alpha value is -1.82. The highest BCUT2D eigenvalue weighted by Crippen LogP contribution is 2.10. The van der Waals surface area contributed by atoms with Crippen LogP contribution in [-0.2, 0) is 0 Å². The van der Waals surface area contributed by atoms with Gasteiger partial charge in [0, 0.05) is 38.4 Å². The Morgan fingerprint density at radius 1 is 1.38 bits per heavy atom. The highest BCUT2D eigenvalue weighted by molar-refractivity contribution is 5.87. The number of allylic oxidation sites excluding steroid dienone is 1. The monoisotopic (exact) mass is 292 g/mol. The molecule has 2 aliphatic rings. The van der Waals surface area contributed by atoms with Gasteiger partial charge >= 0.3 is 0 Å². The molecule has 2 heterocycles. The molecule has 0 atom stereocenters. The number of piperazine rings is 1. The smallest absolute Gasteiger partial charge is 0.222 e. The summed E-state index contributed by atoms with van der Waals surface area (Å²) in [6.45, 7) is 13.3. The summed E-state index contributed by atoms with van der Waals surface area (Å²) in [6.07, 6.45) is 4.38. The van der Waals surface area contributed by atoms with Gasteiger partial charge in [0.05, 0.1) is 12.9 Å². The van der Waals surface area contributed by atoms with Crippen LogP contribution in [0.15, 0.2) is 33.9 Å². The number of hydrogen-bond donors (Lipinski definition) is 3. The zero-order valence-electron chi connectivity index (χ0n) is 13.2. The number of nitrogens with zero attached hydrogens (tertiary/aromatic N) is 3. The second-order valence-electron chi connectivity index (χ2n) is 4.64.